The summed E-state index contributed by atoms with van der Waals surface area (Å²) < 4.78 is 5.32. The van der Waals surface area contributed by atoms with Crippen molar-refractivity contribution in [3.63, 3.8) is 0 Å². The lowest BCUT2D eigenvalue weighted by Crippen LogP contribution is -2.35. The minimum absolute atomic E-state index is 0.171. The van der Waals surface area contributed by atoms with Crippen LogP contribution in [0.2, 0.25) is 0 Å². The van der Waals surface area contributed by atoms with Crippen molar-refractivity contribution in [2.24, 2.45) is 5.92 Å². The van der Waals surface area contributed by atoms with E-state index < -0.39 is 6.10 Å². The zero-order chi connectivity index (χ0) is 15.1. The van der Waals surface area contributed by atoms with Gasteiger partial charge in [0.15, 0.2) is 0 Å². The molecule has 0 aromatic carbocycles. The lowest BCUT2D eigenvalue weighted by Gasteiger charge is -2.14. The maximum absolute atomic E-state index is 12.0. The van der Waals surface area contributed by atoms with Crippen LogP contribution in [0, 0.1) is 19.8 Å². The molecule has 1 amide bonds. The van der Waals surface area contributed by atoms with E-state index in [0.29, 0.717) is 23.8 Å². The standard InChI is InChI=1S/C15H24N2O3/c1-10(2)8-20-9-13(18)7-16-15(19)14-6-5-11(3)17-12(14)4/h5-6,10,13,18H,7-9H2,1-4H3,(H,16,19). The Labute approximate surface area is 120 Å². The molecule has 1 aromatic heterocycles. The maximum atomic E-state index is 12.0. The normalized spacial score (nSPS) is 12.5. The number of aromatic nitrogens is 1. The number of hydrogen-bond donors (Lipinski definition) is 2. The predicted molar refractivity (Wildman–Crippen MR) is 77.7 cm³/mol. The number of amides is 1. The Bertz CT molecular complexity index is 447. The van der Waals surface area contributed by atoms with Gasteiger partial charge < -0.3 is 15.2 Å². The zero-order valence-electron chi connectivity index (χ0n) is 12.6. The van der Waals surface area contributed by atoms with E-state index in [1.807, 2.05) is 20.8 Å². The van der Waals surface area contributed by atoms with Crippen LogP contribution in [0.4, 0.5) is 0 Å². The topological polar surface area (TPSA) is 71.5 Å². The van der Waals surface area contributed by atoms with Crippen LogP contribution in [-0.2, 0) is 4.74 Å². The Kier molecular flexibility index (Phi) is 6.61. The molecule has 112 valence electrons. The summed E-state index contributed by atoms with van der Waals surface area (Å²) in [6, 6.07) is 3.54. The highest BCUT2D eigenvalue weighted by Crippen LogP contribution is 2.06. The fourth-order valence-electron chi connectivity index (χ4n) is 1.73. The number of rotatable bonds is 7. The monoisotopic (exact) mass is 280 g/mol. The average Bonchev–Trinajstić information content (AvgIpc) is 2.35. The van der Waals surface area contributed by atoms with Crippen molar-refractivity contribution >= 4 is 5.91 Å². The molecule has 0 aliphatic rings. The van der Waals surface area contributed by atoms with Crippen LogP contribution < -0.4 is 5.32 Å². The van der Waals surface area contributed by atoms with Crippen LogP contribution in [0.1, 0.15) is 35.6 Å². The summed E-state index contributed by atoms with van der Waals surface area (Å²) in [5.41, 5.74) is 2.10. The first-order valence-corrected chi connectivity index (χ1v) is 6.88. The van der Waals surface area contributed by atoms with Gasteiger partial charge in [-0.2, -0.15) is 0 Å². The Morgan fingerprint density at radius 1 is 1.35 bits per heavy atom. The predicted octanol–water partition coefficient (Wildman–Crippen LogP) is 1.46. The summed E-state index contributed by atoms with van der Waals surface area (Å²) in [5.74, 6) is 0.205. The van der Waals surface area contributed by atoms with E-state index in [1.54, 1.807) is 19.1 Å². The van der Waals surface area contributed by atoms with Crippen LogP contribution in [-0.4, -0.2) is 41.9 Å². The van der Waals surface area contributed by atoms with E-state index in [1.165, 1.54) is 0 Å². The minimum Gasteiger partial charge on any atom is -0.389 e. The van der Waals surface area contributed by atoms with E-state index in [9.17, 15) is 9.90 Å². The summed E-state index contributed by atoms with van der Waals surface area (Å²) in [6.07, 6.45) is -0.698. The maximum Gasteiger partial charge on any atom is 0.253 e. The SMILES string of the molecule is Cc1ccc(C(=O)NCC(O)COCC(C)C)c(C)n1. The van der Waals surface area contributed by atoms with Gasteiger partial charge in [-0.25, -0.2) is 0 Å². The highest BCUT2D eigenvalue weighted by atomic mass is 16.5. The molecule has 0 aliphatic carbocycles. The van der Waals surface area contributed by atoms with Crippen molar-refractivity contribution in [3.8, 4) is 0 Å². The first-order valence-electron chi connectivity index (χ1n) is 6.88. The second-order valence-electron chi connectivity index (χ2n) is 5.38. The van der Waals surface area contributed by atoms with Gasteiger partial charge in [-0.3, -0.25) is 9.78 Å². The van der Waals surface area contributed by atoms with Gasteiger partial charge in [0.2, 0.25) is 0 Å². The molecule has 1 aromatic rings. The highest BCUT2D eigenvalue weighted by molar-refractivity contribution is 5.95. The van der Waals surface area contributed by atoms with Gasteiger partial charge in [-0.15, -0.1) is 0 Å². The fraction of sp³-hybridized carbons (Fsp3) is 0.600. The lowest BCUT2D eigenvalue weighted by molar-refractivity contribution is 0.0259. The smallest absolute Gasteiger partial charge is 0.253 e. The molecule has 5 nitrogen and oxygen atoms in total. The van der Waals surface area contributed by atoms with Gasteiger partial charge in [-0.05, 0) is 31.9 Å². The summed E-state index contributed by atoms with van der Waals surface area (Å²) in [5, 5.41) is 12.4. The first kappa shape index (κ1) is 16.6. The Morgan fingerprint density at radius 2 is 2.05 bits per heavy atom. The van der Waals surface area contributed by atoms with Gasteiger partial charge in [0.1, 0.15) is 0 Å². The molecule has 2 N–H and O–H groups in total. The van der Waals surface area contributed by atoms with E-state index in [2.05, 4.69) is 10.3 Å². The molecule has 0 aliphatic heterocycles. The van der Waals surface area contributed by atoms with Crippen molar-refractivity contribution in [2.45, 2.75) is 33.8 Å². The largest absolute Gasteiger partial charge is 0.389 e. The van der Waals surface area contributed by atoms with Gasteiger partial charge in [-0.1, -0.05) is 13.8 Å². The molecule has 0 bridgehead atoms. The van der Waals surface area contributed by atoms with Crippen molar-refractivity contribution in [1.82, 2.24) is 10.3 Å². The Morgan fingerprint density at radius 3 is 2.65 bits per heavy atom. The number of pyridine rings is 1. The number of carbonyl (C=O) groups excluding carboxylic acids is 1. The third kappa shape index (κ3) is 5.67. The third-order valence-electron chi connectivity index (χ3n) is 2.73. The molecule has 0 spiro atoms. The van der Waals surface area contributed by atoms with E-state index in [0.717, 1.165) is 5.69 Å². The summed E-state index contributed by atoms with van der Waals surface area (Å²) >= 11 is 0. The van der Waals surface area contributed by atoms with Crippen LogP contribution in [0.25, 0.3) is 0 Å². The van der Waals surface area contributed by atoms with Crippen molar-refractivity contribution < 1.29 is 14.6 Å². The van der Waals surface area contributed by atoms with Gasteiger partial charge in [0.05, 0.1) is 24.0 Å². The molecule has 1 atom stereocenters. The molecule has 1 heterocycles. The minimum atomic E-state index is -0.698. The first-order chi connectivity index (χ1) is 9.40. The quantitative estimate of drug-likeness (QED) is 0.793. The van der Waals surface area contributed by atoms with Crippen LogP contribution in [0.3, 0.4) is 0 Å². The van der Waals surface area contributed by atoms with Crippen molar-refractivity contribution in [3.05, 3.63) is 29.1 Å². The summed E-state index contributed by atoms with van der Waals surface area (Å²) in [6.45, 7) is 8.76. The molecule has 0 saturated heterocycles. The molecule has 0 saturated carbocycles. The number of aliphatic hydroxyl groups excluding tert-OH is 1. The number of aliphatic hydroxyl groups is 1. The van der Waals surface area contributed by atoms with Gasteiger partial charge >= 0.3 is 0 Å². The number of aryl methyl sites for hydroxylation is 2. The molecule has 5 heteroatoms. The number of nitrogens with zero attached hydrogens (tertiary/aromatic N) is 1. The number of ether oxygens (including phenoxy) is 1. The highest BCUT2D eigenvalue weighted by Gasteiger charge is 2.12. The molecular formula is C15H24N2O3. The van der Waals surface area contributed by atoms with Crippen LogP contribution in [0.15, 0.2) is 12.1 Å². The molecular weight excluding hydrogens is 256 g/mol. The fourth-order valence-corrected chi connectivity index (χ4v) is 1.73. The molecule has 1 unspecified atom stereocenters. The molecule has 0 radical (unpaired) electrons. The molecule has 1 rings (SSSR count). The summed E-state index contributed by atoms with van der Waals surface area (Å²) in [4.78, 5) is 16.2. The Hall–Kier alpha value is -1.46. The van der Waals surface area contributed by atoms with Crippen molar-refractivity contribution in [2.75, 3.05) is 19.8 Å². The molecule has 0 fully saturated rings. The lowest BCUT2D eigenvalue weighted by atomic mass is 10.1. The van der Waals surface area contributed by atoms with Gasteiger partial charge in [0, 0.05) is 18.8 Å². The van der Waals surface area contributed by atoms with Crippen molar-refractivity contribution in [1.29, 1.82) is 0 Å². The van der Waals surface area contributed by atoms with Crippen LogP contribution >= 0.6 is 0 Å². The second-order valence-corrected chi connectivity index (χ2v) is 5.38. The third-order valence-corrected chi connectivity index (χ3v) is 2.73. The van der Waals surface area contributed by atoms with Crippen LogP contribution in [0.5, 0.6) is 0 Å². The number of nitrogens with one attached hydrogen (secondary N) is 1. The number of carbonyl (C=O) groups is 1. The summed E-state index contributed by atoms with van der Waals surface area (Å²) in [7, 11) is 0. The second kappa shape index (κ2) is 7.97. The molecule has 20 heavy (non-hydrogen) atoms. The van der Waals surface area contributed by atoms with E-state index in [4.69, 9.17) is 4.74 Å². The Balaban J connectivity index is 2.39. The van der Waals surface area contributed by atoms with E-state index >= 15 is 0 Å². The number of hydrogen-bond acceptors (Lipinski definition) is 4. The van der Waals surface area contributed by atoms with E-state index in [-0.39, 0.29) is 19.1 Å². The zero-order valence-corrected chi connectivity index (χ0v) is 12.6. The average molecular weight is 280 g/mol. The van der Waals surface area contributed by atoms with Gasteiger partial charge in [0.25, 0.3) is 5.91 Å².